The van der Waals surface area contributed by atoms with Crippen LogP contribution in [0.4, 0.5) is 0 Å². The van der Waals surface area contributed by atoms with Crippen LogP contribution in [0.15, 0.2) is 36.4 Å². The molecule has 0 bridgehead atoms. The number of amides is 1. The normalized spacial score (nSPS) is 15.9. The number of thiophene rings is 1. The van der Waals surface area contributed by atoms with Gasteiger partial charge in [0, 0.05) is 24.6 Å². The molecule has 2 N–H and O–H groups in total. The Bertz CT molecular complexity index is 783. The number of carboxylic acids is 1. The molecule has 0 radical (unpaired) electrons. The highest BCUT2D eigenvalue weighted by molar-refractivity contribution is 7.17. The van der Waals surface area contributed by atoms with Gasteiger partial charge in [0.25, 0.3) is 5.91 Å². The maximum Gasteiger partial charge on any atom is 0.308 e. The van der Waals surface area contributed by atoms with E-state index >= 15 is 0 Å². The van der Waals surface area contributed by atoms with E-state index in [0.29, 0.717) is 36.7 Å². The molecular weight excluding hydrogens is 366 g/mol. The molecule has 1 aromatic heterocycles. The lowest BCUT2D eigenvalue weighted by molar-refractivity contribution is -0.144. The van der Waals surface area contributed by atoms with E-state index in [9.17, 15) is 14.7 Å². The maximum atomic E-state index is 12.7. The van der Waals surface area contributed by atoms with E-state index in [4.69, 9.17) is 9.47 Å². The quantitative estimate of drug-likeness (QED) is 0.759. The van der Waals surface area contributed by atoms with E-state index in [1.807, 2.05) is 36.4 Å². The van der Waals surface area contributed by atoms with Gasteiger partial charge in [-0.05, 0) is 30.4 Å². The van der Waals surface area contributed by atoms with Crippen molar-refractivity contribution in [3.8, 4) is 16.2 Å². The van der Waals surface area contributed by atoms with Crippen molar-refractivity contribution in [2.24, 2.45) is 11.8 Å². The van der Waals surface area contributed by atoms with Crippen LogP contribution in [0, 0.1) is 11.8 Å². The summed E-state index contributed by atoms with van der Waals surface area (Å²) in [6.07, 6.45) is 1.40. The average molecular weight is 389 g/mol. The number of aliphatic carboxylic acids is 1. The van der Waals surface area contributed by atoms with Crippen molar-refractivity contribution in [3.05, 3.63) is 41.3 Å². The summed E-state index contributed by atoms with van der Waals surface area (Å²) in [5, 5.41) is 12.3. The highest BCUT2D eigenvalue weighted by Gasteiger charge is 2.30. The molecule has 1 aliphatic rings. The van der Waals surface area contributed by atoms with Crippen LogP contribution in [-0.4, -0.2) is 43.9 Å². The zero-order valence-electron chi connectivity index (χ0n) is 15.1. The number of carbonyl (C=O) groups is 2. The molecule has 1 aromatic carbocycles. The van der Waals surface area contributed by atoms with E-state index in [-0.39, 0.29) is 18.4 Å². The van der Waals surface area contributed by atoms with E-state index in [0.717, 1.165) is 10.4 Å². The average Bonchev–Trinajstić information content (AvgIpc) is 3.14. The molecular formula is C20H23NO5S. The molecule has 1 atom stereocenters. The molecule has 144 valence electrons. The summed E-state index contributed by atoms with van der Waals surface area (Å²) >= 11 is 1.34. The van der Waals surface area contributed by atoms with Crippen LogP contribution >= 0.6 is 11.3 Å². The van der Waals surface area contributed by atoms with E-state index in [1.54, 1.807) is 0 Å². The van der Waals surface area contributed by atoms with Crippen LogP contribution in [0.2, 0.25) is 0 Å². The molecule has 3 rings (SSSR count). The molecule has 1 fully saturated rings. The number of carboxylic acid groups (broad SMARTS) is 1. The summed E-state index contributed by atoms with van der Waals surface area (Å²) in [7, 11) is 1.52. The molecule has 0 spiro atoms. The van der Waals surface area contributed by atoms with Crippen LogP contribution in [0.1, 0.15) is 22.5 Å². The molecule has 1 saturated heterocycles. The minimum Gasteiger partial charge on any atom is -0.495 e. The lowest BCUT2D eigenvalue weighted by atomic mass is 9.86. The number of nitrogens with one attached hydrogen (secondary N) is 1. The zero-order valence-corrected chi connectivity index (χ0v) is 16.0. The summed E-state index contributed by atoms with van der Waals surface area (Å²) in [4.78, 5) is 25.7. The minimum atomic E-state index is -0.884. The predicted molar refractivity (Wildman–Crippen MR) is 103 cm³/mol. The number of carbonyl (C=O) groups excluding carboxylic acids is 1. The third-order valence-corrected chi connectivity index (χ3v) is 5.98. The first-order valence-corrected chi connectivity index (χ1v) is 9.73. The maximum absolute atomic E-state index is 12.7. The fraction of sp³-hybridized carbons (Fsp3) is 0.400. The highest BCUT2D eigenvalue weighted by atomic mass is 32.1. The van der Waals surface area contributed by atoms with Gasteiger partial charge >= 0.3 is 5.97 Å². The van der Waals surface area contributed by atoms with Crippen molar-refractivity contribution in [2.75, 3.05) is 26.9 Å². The number of hydrogen-bond donors (Lipinski definition) is 2. The van der Waals surface area contributed by atoms with Gasteiger partial charge in [0.05, 0.1) is 13.0 Å². The summed E-state index contributed by atoms with van der Waals surface area (Å²) in [5.74, 6) is -1.30. The first-order chi connectivity index (χ1) is 13.1. The molecule has 1 aliphatic heterocycles. The molecule has 1 amide bonds. The molecule has 0 aliphatic carbocycles. The number of methoxy groups -OCH3 is 1. The Kier molecular flexibility index (Phi) is 6.47. The van der Waals surface area contributed by atoms with Gasteiger partial charge in [-0.15, -0.1) is 11.3 Å². The van der Waals surface area contributed by atoms with Crippen molar-refractivity contribution < 1.29 is 24.2 Å². The summed E-state index contributed by atoms with van der Waals surface area (Å²) in [6, 6.07) is 11.6. The Morgan fingerprint density at radius 3 is 2.63 bits per heavy atom. The first kappa shape index (κ1) is 19.4. The topological polar surface area (TPSA) is 84.9 Å². The Morgan fingerprint density at radius 2 is 2.00 bits per heavy atom. The molecule has 1 unspecified atom stereocenters. The lowest BCUT2D eigenvalue weighted by Gasteiger charge is -2.27. The molecule has 27 heavy (non-hydrogen) atoms. The zero-order chi connectivity index (χ0) is 19.2. The van der Waals surface area contributed by atoms with Crippen LogP contribution < -0.4 is 10.1 Å². The first-order valence-electron chi connectivity index (χ1n) is 8.92. The Morgan fingerprint density at radius 1 is 1.30 bits per heavy atom. The number of benzene rings is 1. The van der Waals surface area contributed by atoms with Crippen LogP contribution in [0.5, 0.6) is 5.75 Å². The van der Waals surface area contributed by atoms with Crippen LogP contribution in [0.25, 0.3) is 10.4 Å². The SMILES string of the molecule is COc1cc(-c2ccccc2)sc1C(=O)NCC(C(=O)O)C1CCOCC1. The second-order valence-electron chi connectivity index (χ2n) is 6.48. The van der Waals surface area contributed by atoms with Crippen molar-refractivity contribution in [2.45, 2.75) is 12.8 Å². The summed E-state index contributed by atoms with van der Waals surface area (Å²) in [6.45, 7) is 1.24. The van der Waals surface area contributed by atoms with Gasteiger partial charge in [0.1, 0.15) is 10.6 Å². The predicted octanol–water partition coefficient (Wildman–Crippen LogP) is 3.28. The second kappa shape index (κ2) is 9.01. The molecule has 2 heterocycles. The number of hydrogen-bond acceptors (Lipinski definition) is 5. The smallest absolute Gasteiger partial charge is 0.308 e. The van der Waals surface area contributed by atoms with Crippen molar-refractivity contribution >= 4 is 23.2 Å². The Balaban J connectivity index is 1.71. The fourth-order valence-corrected chi connectivity index (χ4v) is 4.33. The molecule has 0 saturated carbocycles. The van der Waals surface area contributed by atoms with Gasteiger partial charge in [0.15, 0.2) is 0 Å². The van der Waals surface area contributed by atoms with Gasteiger partial charge in [-0.2, -0.15) is 0 Å². The van der Waals surface area contributed by atoms with Crippen LogP contribution in [0.3, 0.4) is 0 Å². The highest BCUT2D eigenvalue weighted by Crippen LogP contribution is 2.36. The molecule has 6 nitrogen and oxygen atoms in total. The minimum absolute atomic E-state index is 0.0154. The van der Waals surface area contributed by atoms with Gasteiger partial charge in [0.2, 0.25) is 0 Å². The van der Waals surface area contributed by atoms with Crippen molar-refractivity contribution in [1.29, 1.82) is 0 Å². The van der Waals surface area contributed by atoms with E-state index < -0.39 is 11.9 Å². The number of rotatable bonds is 7. The van der Waals surface area contributed by atoms with Gasteiger partial charge in [-0.3, -0.25) is 9.59 Å². The van der Waals surface area contributed by atoms with E-state index in [1.165, 1.54) is 18.4 Å². The Labute approximate surface area is 162 Å². The van der Waals surface area contributed by atoms with Crippen LogP contribution in [-0.2, 0) is 9.53 Å². The summed E-state index contributed by atoms with van der Waals surface area (Å²) in [5.41, 5.74) is 1.01. The largest absolute Gasteiger partial charge is 0.495 e. The fourth-order valence-electron chi connectivity index (χ4n) is 3.29. The number of ether oxygens (including phenoxy) is 2. The van der Waals surface area contributed by atoms with Gasteiger partial charge in [-0.1, -0.05) is 30.3 Å². The standard InChI is InChI=1S/C20H23NO5S/c1-25-16-11-17(14-5-3-2-4-6-14)27-18(16)19(22)21-12-15(20(23)24)13-7-9-26-10-8-13/h2-6,11,13,15H,7-10,12H2,1H3,(H,21,22)(H,23,24). The second-order valence-corrected chi connectivity index (χ2v) is 7.53. The molecule has 2 aromatic rings. The monoisotopic (exact) mass is 389 g/mol. The van der Waals surface area contributed by atoms with Gasteiger partial charge < -0.3 is 19.9 Å². The van der Waals surface area contributed by atoms with E-state index in [2.05, 4.69) is 5.32 Å². The Hall–Kier alpha value is -2.38. The third kappa shape index (κ3) is 4.67. The van der Waals surface area contributed by atoms with Crippen molar-refractivity contribution in [3.63, 3.8) is 0 Å². The lowest BCUT2D eigenvalue weighted by Crippen LogP contribution is -2.38. The molecule has 7 heteroatoms. The van der Waals surface area contributed by atoms with Gasteiger partial charge in [-0.25, -0.2) is 0 Å². The summed E-state index contributed by atoms with van der Waals surface area (Å²) < 4.78 is 10.7. The van der Waals surface area contributed by atoms with Crippen molar-refractivity contribution in [1.82, 2.24) is 5.32 Å². The third-order valence-electron chi connectivity index (χ3n) is 4.82.